The number of hydrogen-bond donors (Lipinski definition) is 1. The van der Waals surface area contributed by atoms with Crippen LogP contribution in [0.2, 0.25) is 0 Å². The molecule has 0 heterocycles. The summed E-state index contributed by atoms with van der Waals surface area (Å²) in [5.41, 5.74) is 0.822. The summed E-state index contributed by atoms with van der Waals surface area (Å²) in [5.74, 6) is 5.68. The van der Waals surface area contributed by atoms with Crippen molar-refractivity contribution < 1.29 is 19.4 Å². The number of hydrogen-bond acceptors (Lipinski definition) is 3. The van der Waals surface area contributed by atoms with Crippen molar-refractivity contribution in [3.63, 3.8) is 0 Å². The van der Waals surface area contributed by atoms with E-state index in [4.69, 9.17) is 9.84 Å². The highest BCUT2D eigenvalue weighted by atomic mass is 16.5. The van der Waals surface area contributed by atoms with E-state index >= 15 is 0 Å². The van der Waals surface area contributed by atoms with Crippen LogP contribution in [0.1, 0.15) is 104 Å². The molecule has 1 aliphatic carbocycles. The highest BCUT2D eigenvalue weighted by Gasteiger charge is 2.35. The number of carbonyl (C=O) groups is 2. The van der Waals surface area contributed by atoms with E-state index in [1.54, 1.807) is 6.08 Å². The van der Waals surface area contributed by atoms with Gasteiger partial charge in [-0.15, -0.1) is 0 Å². The average molecular weight is 405 g/mol. The Kier molecular flexibility index (Phi) is 14.2. The third-order valence-corrected chi connectivity index (χ3v) is 5.42. The number of allylic oxidation sites excluding steroid dienone is 1. The van der Waals surface area contributed by atoms with Gasteiger partial charge in [0.25, 0.3) is 0 Å². The van der Waals surface area contributed by atoms with Gasteiger partial charge < -0.3 is 9.84 Å². The first-order valence-corrected chi connectivity index (χ1v) is 11.7. The van der Waals surface area contributed by atoms with E-state index in [0.717, 1.165) is 37.7 Å². The molecule has 0 aromatic rings. The lowest BCUT2D eigenvalue weighted by Crippen LogP contribution is -2.26. The summed E-state index contributed by atoms with van der Waals surface area (Å²) >= 11 is 0. The first-order chi connectivity index (χ1) is 14.1. The van der Waals surface area contributed by atoms with Crippen molar-refractivity contribution in [2.24, 2.45) is 5.92 Å². The number of carboxylic acids is 1. The predicted octanol–water partition coefficient (Wildman–Crippen LogP) is 6.09. The maximum absolute atomic E-state index is 12.6. The largest absolute Gasteiger partial charge is 0.481 e. The molecule has 29 heavy (non-hydrogen) atoms. The van der Waals surface area contributed by atoms with E-state index in [1.807, 2.05) is 0 Å². The summed E-state index contributed by atoms with van der Waals surface area (Å²) in [5, 5.41) is 8.76. The molecular weight excluding hydrogens is 364 g/mol. The maximum Gasteiger partial charge on any atom is 0.303 e. The summed E-state index contributed by atoms with van der Waals surface area (Å²) in [4.78, 5) is 23.2. The number of rotatable bonds is 16. The van der Waals surface area contributed by atoms with Crippen LogP contribution in [-0.4, -0.2) is 29.6 Å². The minimum absolute atomic E-state index is 0.125. The molecule has 0 saturated heterocycles. The molecule has 0 amide bonds. The summed E-state index contributed by atoms with van der Waals surface area (Å²) in [6.45, 7) is 4.88. The zero-order chi connectivity index (χ0) is 21.3. The van der Waals surface area contributed by atoms with Gasteiger partial charge in [0.15, 0.2) is 5.78 Å². The average Bonchev–Trinajstić information content (AvgIpc) is 2.98. The Bertz CT molecular complexity index is 567. The first-order valence-electron chi connectivity index (χ1n) is 11.7. The maximum atomic E-state index is 12.6. The van der Waals surface area contributed by atoms with E-state index in [-0.39, 0.29) is 24.2 Å². The lowest BCUT2D eigenvalue weighted by atomic mass is 9.93. The SMILES string of the molecule is CCCCCCC#CC1=CC(=O)[C@H](CCCCCCC)[C@H]1OCCCCC(=O)O. The van der Waals surface area contributed by atoms with Crippen molar-refractivity contribution in [3.8, 4) is 11.8 Å². The van der Waals surface area contributed by atoms with Gasteiger partial charge in [0.1, 0.15) is 6.10 Å². The molecule has 0 aromatic carbocycles. The van der Waals surface area contributed by atoms with Gasteiger partial charge in [0.05, 0.1) is 5.92 Å². The van der Waals surface area contributed by atoms with E-state index in [9.17, 15) is 9.59 Å². The Morgan fingerprint density at radius 2 is 1.69 bits per heavy atom. The summed E-state index contributed by atoms with van der Waals surface area (Å²) < 4.78 is 6.07. The lowest BCUT2D eigenvalue weighted by molar-refractivity contribution is -0.137. The molecule has 4 heteroatoms. The second kappa shape index (κ2) is 16.2. The topological polar surface area (TPSA) is 63.6 Å². The van der Waals surface area contributed by atoms with Crippen molar-refractivity contribution in [2.45, 2.75) is 110 Å². The molecule has 1 aliphatic rings. The van der Waals surface area contributed by atoms with Gasteiger partial charge in [-0.05, 0) is 31.8 Å². The monoisotopic (exact) mass is 404 g/mol. The van der Waals surface area contributed by atoms with Crippen LogP contribution in [0.4, 0.5) is 0 Å². The van der Waals surface area contributed by atoms with E-state index in [2.05, 4.69) is 25.7 Å². The molecule has 0 unspecified atom stereocenters. The van der Waals surface area contributed by atoms with Crippen LogP contribution in [0, 0.1) is 17.8 Å². The molecule has 0 saturated carbocycles. The minimum Gasteiger partial charge on any atom is -0.481 e. The van der Waals surface area contributed by atoms with Crippen molar-refractivity contribution in [1.29, 1.82) is 0 Å². The third-order valence-electron chi connectivity index (χ3n) is 5.42. The van der Waals surface area contributed by atoms with E-state index in [1.165, 1.54) is 38.5 Å². The fourth-order valence-corrected chi connectivity index (χ4v) is 3.68. The number of carbonyl (C=O) groups excluding carboxylic acids is 1. The van der Waals surface area contributed by atoms with Crippen molar-refractivity contribution in [3.05, 3.63) is 11.6 Å². The smallest absolute Gasteiger partial charge is 0.303 e. The van der Waals surface area contributed by atoms with Crippen LogP contribution >= 0.6 is 0 Å². The molecule has 0 fully saturated rings. The van der Waals surface area contributed by atoms with Crippen LogP contribution in [0.5, 0.6) is 0 Å². The number of ketones is 1. The molecule has 4 nitrogen and oxygen atoms in total. The molecular formula is C25H40O4. The van der Waals surface area contributed by atoms with Gasteiger partial charge in [-0.3, -0.25) is 9.59 Å². The fraction of sp³-hybridized carbons (Fsp3) is 0.760. The molecule has 1 N–H and O–H groups in total. The second-order valence-corrected chi connectivity index (χ2v) is 8.07. The highest BCUT2D eigenvalue weighted by Crippen LogP contribution is 2.30. The van der Waals surface area contributed by atoms with Gasteiger partial charge >= 0.3 is 5.97 Å². The number of ether oxygens (including phenoxy) is 1. The molecule has 0 aliphatic heterocycles. The van der Waals surface area contributed by atoms with Crippen molar-refractivity contribution in [1.82, 2.24) is 0 Å². The van der Waals surface area contributed by atoms with E-state index in [0.29, 0.717) is 19.4 Å². The summed E-state index contributed by atoms with van der Waals surface area (Å²) in [6, 6.07) is 0. The normalized spacial score (nSPS) is 18.4. The van der Waals surface area contributed by atoms with Crippen LogP contribution < -0.4 is 0 Å². The fourth-order valence-electron chi connectivity index (χ4n) is 3.68. The zero-order valence-corrected chi connectivity index (χ0v) is 18.5. The second-order valence-electron chi connectivity index (χ2n) is 8.07. The van der Waals surface area contributed by atoms with Crippen LogP contribution in [-0.2, 0) is 14.3 Å². The molecule has 0 radical (unpaired) electrons. The van der Waals surface area contributed by atoms with Crippen LogP contribution in [0.15, 0.2) is 11.6 Å². The molecule has 0 bridgehead atoms. The molecule has 1 rings (SSSR count). The number of aliphatic carboxylic acids is 1. The summed E-state index contributed by atoms with van der Waals surface area (Å²) in [7, 11) is 0. The molecule has 0 aromatic heterocycles. The number of carboxylic acid groups (broad SMARTS) is 1. The Balaban J connectivity index is 2.58. The van der Waals surface area contributed by atoms with Gasteiger partial charge in [0, 0.05) is 25.0 Å². The molecule has 2 atom stereocenters. The quantitative estimate of drug-likeness (QED) is 0.250. The van der Waals surface area contributed by atoms with Gasteiger partial charge in [-0.1, -0.05) is 77.1 Å². The molecule has 164 valence electrons. The Labute approximate surface area is 177 Å². The highest BCUT2D eigenvalue weighted by molar-refractivity contribution is 5.97. The summed E-state index contributed by atoms with van der Waals surface area (Å²) in [6.07, 6.45) is 15.2. The minimum atomic E-state index is -0.777. The van der Waals surface area contributed by atoms with E-state index < -0.39 is 5.97 Å². The first kappa shape index (κ1) is 25.4. The Morgan fingerprint density at radius 3 is 2.38 bits per heavy atom. The van der Waals surface area contributed by atoms with Gasteiger partial charge in [-0.25, -0.2) is 0 Å². The van der Waals surface area contributed by atoms with Crippen molar-refractivity contribution >= 4 is 11.8 Å². The standard InChI is InChI=1S/C25H40O4/c1-3-5-7-9-11-12-16-21-20-23(26)22(17-13-10-8-6-4-2)25(21)29-19-15-14-18-24(27)28/h20,22,25H,3-11,13-15,17-19H2,1-2H3,(H,27,28)/t22-,25-/m0/s1. The van der Waals surface area contributed by atoms with Crippen molar-refractivity contribution in [2.75, 3.05) is 6.61 Å². The molecule has 0 spiro atoms. The zero-order valence-electron chi connectivity index (χ0n) is 18.5. The van der Waals surface area contributed by atoms with Gasteiger partial charge in [-0.2, -0.15) is 0 Å². The number of unbranched alkanes of at least 4 members (excludes halogenated alkanes) is 9. The third kappa shape index (κ3) is 11.2. The van der Waals surface area contributed by atoms with Crippen LogP contribution in [0.3, 0.4) is 0 Å². The van der Waals surface area contributed by atoms with Crippen LogP contribution in [0.25, 0.3) is 0 Å². The Morgan fingerprint density at radius 1 is 1.00 bits per heavy atom. The Hall–Kier alpha value is -1.60. The predicted molar refractivity (Wildman–Crippen MR) is 118 cm³/mol. The lowest BCUT2D eigenvalue weighted by Gasteiger charge is -2.20. The van der Waals surface area contributed by atoms with Gasteiger partial charge in [0.2, 0.25) is 0 Å².